The molecule has 0 saturated heterocycles. The average Bonchev–Trinajstić information content (AvgIpc) is 2.96. The molecule has 1 heterocycles. The van der Waals surface area contributed by atoms with E-state index in [1.807, 2.05) is 13.0 Å². The number of carbonyl (C=O) groups excluding carboxylic acids is 1. The number of aromatic carboxylic acids is 1. The maximum absolute atomic E-state index is 12.0. The molecule has 2 rings (SSSR count). The van der Waals surface area contributed by atoms with Crippen LogP contribution < -0.4 is 5.32 Å². The lowest BCUT2D eigenvalue weighted by Gasteiger charge is -2.06. The fourth-order valence-electron chi connectivity index (χ4n) is 2.09. The first-order valence-electron chi connectivity index (χ1n) is 6.78. The van der Waals surface area contributed by atoms with Crippen LogP contribution in [0.4, 0.5) is 0 Å². The van der Waals surface area contributed by atoms with Gasteiger partial charge in [0.15, 0.2) is 0 Å². The smallest absolute Gasteiger partial charge is 0.335 e. The standard InChI is InChI=1S/C16H17NO4/c1-2-14-13(7-9-21-14)15(18)17-8-6-11-4-3-5-12(10-11)16(19)20/h3-5,7,9-10H,2,6,8H2,1H3,(H,17,18)(H,19,20). The summed E-state index contributed by atoms with van der Waals surface area (Å²) in [5.74, 6) is -0.456. The lowest BCUT2D eigenvalue weighted by molar-refractivity contribution is 0.0696. The highest BCUT2D eigenvalue weighted by atomic mass is 16.4. The van der Waals surface area contributed by atoms with Crippen molar-refractivity contribution in [1.82, 2.24) is 5.32 Å². The topological polar surface area (TPSA) is 79.5 Å². The molecule has 5 heteroatoms. The van der Waals surface area contributed by atoms with Gasteiger partial charge < -0.3 is 14.8 Å². The molecule has 1 aromatic carbocycles. The number of nitrogens with one attached hydrogen (secondary N) is 1. The van der Waals surface area contributed by atoms with Crippen LogP contribution in [0.1, 0.15) is 39.0 Å². The van der Waals surface area contributed by atoms with Crippen LogP contribution in [0.25, 0.3) is 0 Å². The van der Waals surface area contributed by atoms with Gasteiger partial charge in [0.1, 0.15) is 5.76 Å². The molecule has 0 bridgehead atoms. The third-order valence-electron chi connectivity index (χ3n) is 3.18. The zero-order valence-electron chi connectivity index (χ0n) is 11.8. The van der Waals surface area contributed by atoms with Crippen molar-refractivity contribution in [3.8, 4) is 0 Å². The first-order chi connectivity index (χ1) is 10.1. The van der Waals surface area contributed by atoms with Crippen LogP contribution in [0.3, 0.4) is 0 Å². The third kappa shape index (κ3) is 3.72. The van der Waals surface area contributed by atoms with Crippen molar-refractivity contribution in [1.29, 1.82) is 0 Å². The minimum absolute atomic E-state index is 0.171. The first-order valence-corrected chi connectivity index (χ1v) is 6.78. The van der Waals surface area contributed by atoms with E-state index in [0.717, 1.165) is 5.56 Å². The molecular weight excluding hydrogens is 270 g/mol. The number of carboxylic acids is 1. The van der Waals surface area contributed by atoms with Crippen LogP contribution in [0.2, 0.25) is 0 Å². The molecule has 21 heavy (non-hydrogen) atoms. The molecule has 0 radical (unpaired) electrons. The van der Waals surface area contributed by atoms with Gasteiger partial charge in [-0.3, -0.25) is 4.79 Å². The fourth-order valence-corrected chi connectivity index (χ4v) is 2.09. The van der Waals surface area contributed by atoms with E-state index < -0.39 is 5.97 Å². The first kappa shape index (κ1) is 14.8. The minimum atomic E-state index is -0.952. The molecule has 2 N–H and O–H groups in total. The summed E-state index contributed by atoms with van der Waals surface area (Å²) < 4.78 is 5.22. The van der Waals surface area contributed by atoms with Gasteiger partial charge in [-0.25, -0.2) is 4.79 Å². The molecule has 110 valence electrons. The minimum Gasteiger partial charge on any atom is -0.478 e. The molecule has 0 fully saturated rings. The summed E-state index contributed by atoms with van der Waals surface area (Å²) in [6.07, 6.45) is 2.74. The summed E-state index contributed by atoms with van der Waals surface area (Å²) >= 11 is 0. The summed E-state index contributed by atoms with van der Waals surface area (Å²) in [6, 6.07) is 8.35. The van der Waals surface area contributed by atoms with E-state index in [2.05, 4.69) is 5.32 Å². The Kier molecular flexibility index (Phi) is 4.77. The van der Waals surface area contributed by atoms with Gasteiger partial charge in [-0.1, -0.05) is 19.1 Å². The van der Waals surface area contributed by atoms with Gasteiger partial charge >= 0.3 is 5.97 Å². The number of hydrogen-bond donors (Lipinski definition) is 2. The number of carbonyl (C=O) groups is 2. The molecule has 0 saturated carbocycles. The Morgan fingerprint density at radius 1 is 1.29 bits per heavy atom. The van der Waals surface area contributed by atoms with Crippen molar-refractivity contribution >= 4 is 11.9 Å². The Labute approximate surface area is 122 Å². The van der Waals surface area contributed by atoms with Gasteiger partial charge in [0.25, 0.3) is 5.91 Å². The molecule has 0 aliphatic heterocycles. The molecule has 0 spiro atoms. The summed E-state index contributed by atoms with van der Waals surface area (Å²) in [5.41, 5.74) is 1.68. The van der Waals surface area contributed by atoms with Crippen LogP contribution in [0.15, 0.2) is 41.0 Å². The third-order valence-corrected chi connectivity index (χ3v) is 3.18. The zero-order chi connectivity index (χ0) is 15.2. The Bertz CT molecular complexity index is 645. The normalized spacial score (nSPS) is 10.3. The number of hydrogen-bond acceptors (Lipinski definition) is 3. The Hall–Kier alpha value is -2.56. The van der Waals surface area contributed by atoms with E-state index >= 15 is 0 Å². The second-order valence-electron chi connectivity index (χ2n) is 4.62. The van der Waals surface area contributed by atoms with E-state index in [0.29, 0.717) is 30.7 Å². The lowest BCUT2D eigenvalue weighted by Crippen LogP contribution is -2.26. The van der Waals surface area contributed by atoms with E-state index in [1.165, 1.54) is 6.26 Å². The predicted molar refractivity (Wildman–Crippen MR) is 77.5 cm³/mol. The SMILES string of the molecule is CCc1occc1C(=O)NCCc1cccc(C(=O)O)c1. The maximum Gasteiger partial charge on any atom is 0.335 e. The Morgan fingerprint density at radius 3 is 2.81 bits per heavy atom. The highest BCUT2D eigenvalue weighted by Gasteiger charge is 2.12. The van der Waals surface area contributed by atoms with Gasteiger partial charge in [0.05, 0.1) is 17.4 Å². The highest BCUT2D eigenvalue weighted by Crippen LogP contribution is 2.11. The second kappa shape index (κ2) is 6.74. The van der Waals surface area contributed by atoms with Crippen LogP contribution in [0, 0.1) is 0 Å². The van der Waals surface area contributed by atoms with Crippen LogP contribution >= 0.6 is 0 Å². The van der Waals surface area contributed by atoms with Crippen molar-refractivity contribution in [3.05, 3.63) is 59.0 Å². The van der Waals surface area contributed by atoms with Crippen LogP contribution in [-0.2, 0) is 12.8 Å². The van der Waals surface area contributed by atoms with E-state index in [4.69, 9.17) is 9.52 Å². The maximum atomic E-state index is 12.0. The molecule has 2 aromatic rings. The van der Waals surface area contributed by atoms with Gasteiger partial charge in [0.2, 0.25) is 0 Å². The molecule has 1 aromatic heterocycles. The van der Waals surface area contributed by atoms with Gasteiger partial charge in [-0.15, -0.1) is 0 Å². The molecule has 0 aliphatic rings. The Balaban J connectivity index is 1.91. The van der Waals surface area contributed by atoms with E-state index in [-0.39, 0.29) is 11.5 Å². The van der Waals surface area contributed by atoms with Crippen molar-refractivity contribution in [2.75, 3.05) is 6.54 Å². The molecular formula is C16H17NO4. The van der Waals surface area contributed by atoms with Crippen molar-refractivity contribution in [3.63, 3.8) is 0 Å². The molecule has 0 atom stereocenters. The average molecular weight is 287 g/mol. The van der Waals surface area contributed by atoms with Crippen molar-refractivity contribution in [2.45, 2.75) is 19.8 Å². The number of furan rings is 1. The largest absolute Gasteiger partial charge is 0.478 e. The van der Waals surface area contributed by atoms with Gasteiger partial charge in [-0.05, 0) is 30.2 Å². The summed E-state index contributed by atoms with van der Waals surface area (Å²) in [4.78, 5) is 22.9. The number of rotatable bonds is 6. The quantitative estimate of drug-likeness (QED) is 0.855. The van der Waals surface area contributed by atoms with Crippen molar-refractivity contribution < 1.29 is 19.1 Å². The van der Waals surface area contributed by atoms with Crippen molar-refractivity contribution in [2.24, 2.45) is 0 Å². The number of amides is 1. The summed E-state index contributed by atoms with van der Waals surface area (Å²) in [7, 11) is 0. The second-order valence-corrected chi connectivity index (χ2v) is 4.62. The molecule has 1 amide bonds. The molecule has 0 aliphatic carbocycles. The monoisotopic (exact) mass is 287 g/mol. The van der Waals surface area contributed by atoms with E-state index in [9.17, 15) is 9.59 Å². The van der Waals surface area contributed by atoms with Gasteiger partial charge in [-0.2, -0.15) is 0 Å². The predicted octanol–water partition coefficient (Wildman–Crippen LogP) is 2.51. The molecule has 5 nitrogen and oxygen atoms in total. The Morgan fingerprint density at radius 2 is 2.10 bits per heavy atom. The number of aryl methyl sites for hydroxylation is 1. The van der Waals surface area contributed by atoms with E-state index in [1.54, 1.807) is 24.3 Å². The lowest BCUT2D eigenvalue weighted by atomic mass is 10.1. The number of benzene rings is 1. The summed E-state index contributed by atoms with van der Waals surface area (Å²) in [5, 5.41) is 11.7. The fraction of sp³-hybridized carbons (Fsp3) is 0.250. The highest BCUT2D eigenvalue weighted by molar-refractivity contribution is 5.95. The molecule has 0 unspecified atom stereocenters. The van der Waals surface area contributed by atoms with Crippen LogP contribution in [0.5, 0.6) is 0 Å². The summed E-state index contributed by atoms with van der Waals surface area (Å²) in [6.45, 7) is 2.36. The number of carboxylic acid groups (broad SMARTS) is 1. The van der Waals surface area contributed by atoms with Gasteiger partial charge in [0, 0.05) is 13.0 Å². The van der Waals surface area contributed by atoms with Crippen LogP contribution in [-0.4, -0.2) is 23.5 Å². The zero-order valence-corrected chi connectivity index (χ0v) is 11.8.